The zero-order chi connectivity index (χ0) is 24.3. The number of aromatic nitrogens is 1. The van der Waals surface area contributed by atoms with Crippen molar-refractivity contribution in [2.45, 2.75) is 42.2 Å². The summed E-state index contributed by atoms with van der Waals surface area (Å²) in [5, 5.41) is 13.4. The van der Waals surface area contributed by atoms with E-state index in [2.05, 4.69) is 5.32 Å². The third-order valence-electron chi connectivity index (χ3n) is 5.92. The molecule has 4 rings (SSSR count). The molecule has 0 amide bonds. The number of hydrogen-bond donors (Lipinski definition) is 2. The van der Waals surface area contributed by atoms with E-state index in [4.69, 9.17) is 0 Å². The minimum Gasteiger partial charge on any atom is -0.390 e. The van der Waals surface area contributed by atoms with Gasteiger partial charge in [0.15, 0.2) is 9.84 Å². The van der Waals surface area contributed by atoms with Gasteiger partial charge in [-0.1, -0.05) is 0 Å². The second-order valence-electron chi connectivity index (χ2n) is 8.22. The summed E-state index contributed by atoms with van der Waals surface area (Å²) in [6.07, 6.45) is -9.13. The van der Waals surface area contributed by atoms with E-state index in [-0.39, 0.29) is 28.4 Å². The van der Waals surface area contributed by atoms with Gasteiger partial charge in [0.2, 0.25) is 0 Å². The molecule has 1 aliphatic rings. The van der Waals surface area contributed by atoms with Gasteiger partial charge in [-0.25, -0.2) is 8.42 Å². The van der Waals surface area contributed by atoms with Crippen LogP contribution >= 0.6 is 0 Å². The molecule has 0 unspecified atom stereocenters. The van der Waals surface area contributed by atoms with Crippen LogP contribution in [0.5, 0.6) is 0 Å². The number of nitrogens with one attached hydrogen (secondary N) is 1. The first-order valence-corrected chi connectivity index (χ1v) is 11.9. The van der Waals surface area contributed by atoms with Crippen molar-refractivity contribution in [2.75, 3.05) is 19.3 Å². The molecule has 2 N–H and O–H groups in total. The van der Waals surface area contributed by atoms with Gasteiger partial charge < -0.3 is 15.0 Å². The molecule has 2 heterocycles. The molecule has 2 aromatic carbocycles. The molecule has 1 saturated heterocycles. The maximum absolute atomic E-state index is 13.8. The standard InChI is InChI=1S/C21H20F6N2O3S/c1-33(31,32)19-9-17-13(8-14(19)21(25,26)27)12-7-11(20(22,23)24)4-5-15(12)29(17)16-3-2-6-28-10-18(16)30/h4-5,7-9,16,18,28,30H,2-3,6,10H2,1H3/t16-,18-/m1/s1. The zero-order valence-corrected chi connectivity index (χ0v) is 18.1. The first-order chi connectivity index (χ1) is 15.2. The fraction of sp³-hybridized carbons (Fsp3) is 0.429. The Bertz CT molecular complexity index is 1330. The predicted molar refractivity (Wildman–Crippen MR) is 110 cm³/mol. The number of halogens is 6. The van der Waals surface area contributed by atoms with Gasteiger partial charge in [0.25, 0.3) is 0 Å². The molecule has 0 aliphatic carbocycles. The largest absolute Gasteiger partial charge is 0.417 e. The highest BCUT2D eigenvalue weighted by atomic mass is 32.2. The minimum absolute atomic E-state index is 0.0173. The van der Waals surface area contributed by atoms with E-state index in [9.17, 15) is 39.9 Å². The van der Waals surface area contributed by atoms with Gasteiger partial charge in [0.05, 0.1) is 33.7 Å². The lowest BCUT2D eigenvalue weighted by Gasteiger charge is -2.24. The van der Waals surface area contributed by atoms with Gasteiger partial charge in [-0.15, -0.1) is 0 Å². The number of nitrogens with zero attached hydrogens (tertiary/aromatic N) is 1. The lowest BCUT2D eigenvalue weighted by Crippen LogP contribution is -2.31. The molecule has 33 heavy (non-hydrogen) atoms. The fourth-order valence-corrected chi connectivity index (χ4v) is 5.35. The van der Waals surface area contributed by atoms with Gasteiger partial charge in [-0.3, -0.25) is 0 Å². The first kappa shape index (κ1) is 23.8. The summed E-state index contributed by atoms with van der Waals surface area (Å²) in [6.45, 7) is 0.752. The molecule has 5 nitrogen and oxygen atoms in total. The molecule has 0 radical (unpaired) electrons. The summed E-state index contributed by atoms with van der Waals surface area (Å²) in [7, 11) is -4.33. The van der Waals surface area contributed by atoms with Crippen LogP contribution in [0.2, 0.25) is 0 Å². The van der Waals surface area contributed by atoms with Gasteiger partial charge in [-0.05, 0) is 49.7 Å². The Balaban J connectivity index is 2.16. The van der Waals surface area contributed by atoms with Crippen LogP contribution in [0, 0.1) is 0 Å². The SMILES string of the molecule is CS(=O)(=O)c1cc2c(cc1C(F)(F)F)c1cc(C(F)(F)F)ccc1n2[C@@H]1CCCNC[C@H]1O. The summed E-state index contributed by atoms with van der Waals surface area (Å²) in [5.41, 5.74) is -2.29. The van der Waals surface area contributed by atoms with E-state index in [1.807, 2.05) is 0 Å². The van der Waals surface area contributed by atoms with E-state index in [1.165, 1.54) is 4.57 Å². The van der Waals surface area contributed by atoms with Crippen LogP contribution in [-0.4, -0.2) is 43.5 Å². The van der Waals surface area contributed by atoms with Crippen LogP contribution in [0.3, 0.4) is 0 Å². The van der Waals surface area contributed by atoms with Crippen molar-refractivity contribution in [2.24, 2.45) is 0 Å². The quantitative estimate of drug-likeness (QED) is 0.514. The monoisotopic (exact) mass is 494 g/mol. The summed E-state index contributed by atoms with van der Waals surface area (Å²) in [5.74, 6) is 0. The molecular formula is C21H20F6N2O3S. The van der Waals surface area contributed by atoms with Crippen LogP contribution in [0.25, 0.3) is 21.8 Å². The van der Waals surface area contributed by atoms with Gasteiger partial charge in [0.1, 0.15) is 0 Å². The molecule has 1 aliphatic heterocycles. The molecule has 2 atom stereocenters. The van der Waals surface area contributed by atoms with Crippen LogP contribution < -0.4 is 5.32 Å². The highest BCUT2D eigenvalue weighted by molar-refractivity contribution is 7.90. The van der Waals surface area contributed by atoms with Crippen LogP contribution in [0.4, 0.5) is 26.3 Å². The highest BCUT2D eigenvalue weighted by Crippen LogP contribution is 2.43. The fourth-order valence-electron chi connectivity index (χ4n) is 4.45. The number of aliphatic hydroxyl groups excluding tert-OH is 1. The summed E-state index contributed by atoms with van der Waals surface area (Å²) in [6, 6.07) is 3.49. The van der Waals surface area contributed by atoms with Crippen molar-refractivity contribution in [3.8, 4) is 0 Å². The zero-order valence-electron chi connectivity index (χ0n) is 17.3. The van der Waals surface area contributed by atoms with Crippen LogP contribution in [0.15, 0.2) is 35.2 Å². The van der Waals surface area contributed by atoms with Crippen molar-refractivity contribution < 1.29 is 39.9 Å². The number of sulfone groups is 1. The molecule has 12 heteroatoms. The maximum Gasteiger partial charge on any atom is 0.417 e. The molecule has 0 spiro atoms. The second kappa shape index (κ2) is 7.88. The molecule has 1 fully saturated rings. The normalized spacial score (nSPS) is 21.0. The van der Waals surface area contributed by atoms with E-state index in [1.54, 1.807) is 0 Å². The number of fused-ring (bicyclic) bond motifs is 3. The van der Waals surface area contributed by atoms with Gasteiger partial charge >= 0.3 is 12.4 Å². The van der Waals surface area contributed by atoms with Crippen LogP contribution in [0.1, 0.15) is 30.0 Å². The first-order valence-electron chi connectivity index (χ1n) is 10.0. The lowest BCUT2D eigenvalue weighted by atomic mass is 10.1. The van der Waals surface area contributed by atoms with Gasteiger partial charge in [0, 0.05) is 29.1 Å². The van der Waals surface area contributed by atoms with Crippen molar-refractivity contribution in [1.82, 2.24) is 9.88 Å². The van der Waals surface area contributed by atoms with E-state index < -0.39 is 50.4 Å². The second-order valence-corrected chi connectivity index (χ2v) is 10.2. The topological polar surface area (TPSA) is 71.3 Å². The number of β-amino-alcohol motifs (C(OH)–C–C–N with tert-alkyl or cyclic N) is 1. The molecular weight excluding hydrogens is 474 g/mol. The van der Waals surface area contributed by atoms with E-state index in [0.29, 0.717) is 31.7 Å². The third-order valence-corrected chi connectivity index (χ3v) is 7.06. The maximum atomic E-state index is 13.8. The van der Waals surface area contributed by atoms with Crippen molar-refractivity contribution >= 4 is 31.6 Å². The Morgan fingerprint density at radius 2 is 1.67 bits per heavy atom. The molecule has 3 aromatic rings. The Morgan fingerprint density at radius 1 is 1.00 bits per heavy atom. The Kier molecular flexibility index (Phi) is 5.69. The average molecular weight is 494 g/mol. The number of rotatable bonds is 2. The molecule has 1 aromatic heterocycles. The Labute approximate surface area is 184 Å². The van der Waals surface area contributed by atoms with Crippen molar-refractivity contribution in [1.29, 1.82) is 0 Å². The molecule has 180 valence electrons. The van der Waals surface area contributed by atoms with E-state index in [0.717, 1.165) is 24.3 Å². The summed E-state index contributed by atoms with van der Waals surface area (Å²) in [4.78, 5) is -0.969. The number of aliphatic hydroxyl groups is 1. The number of alkyl halides is 6. The Hall–Kier alpha value is -2.31. The average Bonchev–Trinajstić information content (AvgIpc) is 2.84. The van der Waals surface area contributed by atoms with Crippen LogP contribution in [-0.2, 0) is 22.2 Å². The van der Waals surface area contributed by atoms with Gasteiger partial charge in [-0.2, -0.15) is 26.3 Å². The molecule has 0 bridgehead atoms. The predicted octanol–water partition coefficient (Wildman–Crippen LogP) is 4.52. The highest BCUT2D eigenvalue weighted by Gasteiger charge is 2.38. The van der Waals surface area contributed by atoms with E-state index >= 15 is 0 Å². The Morgan fingerprint density at radius 3 is 2.27 bits per heavy atom. The third kappa shape index (κ3) is 4.31. The lowest BCUT2D eigenvalue weighted by molar-refractivity contribution is -0.140. The molecule has 0 saturated carbocycles. The minimum atomic E-state index is -5.05. The summed E-state index contributed by atoms with van der Waals surface area (Å²) < 4.78 is 107. The smallest absolute Gasteiger partial charge is 0.390 e. The summed E-state index contributed by atoms with van der Waals surface area (Å²) >= 11 is 0. The number of benzene rings is 2. The number of hydrogen-bond acceptors (Lipinski definition) is 4. The van der Waals surface area contributed by atoms with Crippen molar-refractivity contribution in [3.05, 3.63) is 41.5 Å². The van der Waals surface area contributed by atoms with Crippen molar-refractivity contribution in [3.63, 3.8) is 0 Å².